The maximum Gasteiger partial charge on any atom is 0.341 e. The van der Waals surface area contributed by atoms with Gasteiger partial charge in [0.25, 0.3) is 5.91 Å². The van der Waals surface area contributed by atoms with Crippen LogP contribution in [-0.4, -0.2) is 39.4 Å². The average molecular weight is 539 g/mol. The molecule has 0 saturated carbocycles. The molecule has 188 valence electrons. The molecular weight excluding hydrogens is 522 g/mol. The molecule has 2 N–H and O–H groups in total. The third-order valence-corrected chi connectivity index (χ3v) is 6.27. The minimum Gasteiger partial charge on any atom is -0.476 e. The number of hydrogen-bond donors (Lipinski definition) is 2. The summed E-state index contributed by atoms with van der Waals surface area (Å²) in [5, 5.41) is 4.33. The van der Waals surface area contributed by atoms with E-state index in [1.54, 1.807) is 5.32 Å². The number of methoxy groups -OCH3 is 1. The molecule has 0 fully saturated rings. The third-order valence-electron chi connectivity index (χ3n) is 4.60. The van der Waals surface area contributed by atoms with Gasteiger partial charge in [-0.3, -0.25) is 10.1 Å². The lowest BCUT2D eigenvalue weighted by Gasteiger charge is -2.13. The smallest absolute Gasteiger partial charge is 0.341 e. The van der Waals surface area contributed by atoms with Crippen molar-refractivity contribution in [3.05, 3.63) is 88.4 Å². The van der Waals surface area contributed by atoms with Crippen LogP contribution in [0.15, 0.2) is 65.6 Å². The van der Waals surface area contributed by atoms with Gasteiger partial charge in [0.05, 0.1) is 12.0 Å². The van der Waals surface area contributed by atoms with Gasteiger partial charge >= 0.3 is 12.0 Å². The first-order valence-corrected chi connectivity index (χ1v) is 11.9. The van der Waals surface area contributed by atoms with Crippen LogP contribution in [0.2, 0.25) is 5.02 Å². The summed E-state index contributed by atoms with van der Waals surface area (Å²) in [5.74, 6) is -5.57. The van der Waals surface area contributed by atoms with Gasteiger partial charge in [-0.15, -0.1) is 0 Å². The second-order valence-electron chi connectivity index (χ2n) is 7.04. The number of sulfone groups is 1. The Morgan fingerprint density at radius 2 is 1.61 bits per heavy atom. The van der Waals surface area contributed by atoms with Crippen molar-refractivity contribution >= 4 is 45.0 Å². The highest BCUT2D eigenvalue weighted by atomic mass is 35.5. The number of esters is 1. The van der Waals surface area contributed by atoms with E-state index in [1.165, 1.54) is 36.4 Å². The van der Waals surface area contributed by atoms with E-state index in [-0.39, 0.29) is 21.9 Å². The zero-order valence-corrected chi connectivity index (χ0v) is 20.0. The van der Waals surface area contributed by atoms with E-state index in [4.69, 9.17) is 16.3 Å². The van der Waals surface area contributed by atoms with Crippen LogP contribution >= 0.6 is 11.6 Å². The van der Waals surface area contributed by atoms with Crippen molar-refractivity contribution in [2.75, 3.05) is 18.4 Å². The summed E-state index contributed by atoms with van der Waals surface area (Å²) >= 11 is 5.77. The first kappa shape index (κ1) is 26.6. The molecule has 0 aliphatic heterocycles. The summed E-state index contributed by atoms with van der Waals surface area (Å²) in [7, 11) is -2.84. The third kappa shape index (κ3) is 6.34. The zero-order valence-electron chi connectivity index (χ0n) is 18.4. The number of anilines is 1. The molecular formula is C23H17ClF2N2O7S. The lowest BCUT2D eigenvalue weighted by Crippen LogP contribution is -2.35. The Morgan fingerprint density at radius 3 is 2.22 bits per heavy atom. The van der Waals surface area contributed by atoms with Crippen molar-refractivity contribution in [2.24, 2.45) is 0 Å². The Kier molecular flexibility index (Phi) is 8.22. The fraction of sp³-hybridized carbons (Fsp3) is 0.0870. The van der Waals surface area contributed by atoms with E-state index >= 15 is 0 Å². The van der Waals surface area contributed by atoms with Gasteiger partial charge in [0, 0.05) is 10.7 Å². The molecule has 3 rings (SSSR count). The Labute approximate surface area is 208 Å². The second-order valence-corrected chi connectivity index (χ2v) is 9.41. The maximum atomic E-state index is 13.7. The highest BCUT2D eigenvalue weighted by molar-refractivity contribution is 7.91. The average Bonchev–Trinajstić information content (AvgIpc) is 2.82. The van der Waals surface area contributed by atoms with Gasteiger partial charge in [-0.05, 0) is 54.6 Å². The van der Waals surface area contributed by atoms with Gasteiger partial charge in [-0.1, -0.05) is 17.7 Å². The standard InChI is InChI=1S/C23H17ClF2N2O7S/c1-34-22(30)16-11-14(27-23(31)28-21(29)20-17(25)3-2-4-18(20)26)7-10-19(16)35-12-36(32,33)15-8-5-13(24)6-9-15/h2-11H,12H2,1H3,(H2,27,28,29,31). The normalized spacial score (nSPS) is 10.9. The molecule has 3 amide bonds. The summed E-state index contributed by atoms with van der Waals surface area (Å²) in [5.41, 5.74) is -1.23. The van der Waals surface area contributed by atoms with Gasteiger partial charge in [-0.25, -0.2) is 26.8 Å². The number of hydrogen-bond acceptors (Lipinski definition) is 7. The van der Waals surface area contributed by atoms with Crippen LogP contribution < -0.4 is 15.4 Å². The number of halogens is 3. The van der Waals surface area contributed by atoms with Crippen LogP contribution in [0.3, 0.4) is 0 Å². The Hall–Kier alpha value is -4.03. The summed E-state index contributed by atoms with van der Waals surface area (Å²) < 4.78 is 62.5. The van der Waals surface area contributed by atoms with E-state index in [2.05, 4.69) is 10.1 Å². The first-order chi connectivity index (χ1) is 17.0. The molecule has 0 unspecified atom stereocenters. The van der Waals surface area contributed by atoms with Gasteiger partial charge < -0.3 is 14.8 Å². The number of carbonyl (C=O) groups excluding carboxylic acids is 3. The minimum absolute atomic E-state index is 0.0392. The van der Waals surface area contributed by atoms with Crippen molar-refractivity contribution in [1.82, 2.24) is 5.32 Å². The Morgan fingerprint density at radius 1 is 0.972 bits per heavy atom. The van der Waals surface area contributed by atoms with E-state index < -0.39 is 50.9 Å². The Bertz CT molecular complexity index is 1410. The fourth-order valence-electron chi connectivity index (χ4n) is 2.90. The van der Waals surface area contributed by atoms with Crippen molar-refractivity contribution < 1.29 is 41.1 Å². The number of rotatable bonds is 7. The van der Waals surface area contributed by atoms with E-state index in [9.17, 15) is 31.6 Å². The lowest BCUT2D eigenvalue weighted by atomic mass is 10.1. The monoisotopic (exact) mass is 538 g/mol. The molecule has 3 aromatic rings. The quantitative estimate of drug-likeness (QED) is 0.432. The van der Waals surface area contributed by atoms with Gasteiger partial charge in [0.2, 0.25) is 9.84 Å². The number of carbonyl (C=O) groups is 3. The van der Waals surface area contributed by atoms with Crippen LogP contribution in [0, 0.1) is 11.6 Å². The van der Waals surface area contributed by atoms with E-state index in [0.717, 1.165) is 31.4 Å². The molecule has 0 spiro atoms. The van der Waals surface area contributed by atoms with E-state index in [1.807, 2.05) is 0 Å². The predicted octanol–water partition coefficient (Wildman–Crippen LogP) is 4.18. The molecule has 0 aromatic heterocycles. The molecule has 0 bridgehead atoms. The predicted molar refractivity (Wildman–Crippen MR) is 125 cm³/mol. The van der Waals surface area contributed by atoms with Crippen molar-refractivity contribution in [1.29, 1.82) is 0 Å². The molecule has 13 heteroatoms. The summed E-state index contributed by atoms with van der Waals surface area (Å²) in [4.78, 5) is 36.4. The van der Waals surface area contributed by atoms with E-state index in [0.29, 0.717) is 5.02 Å². The highest BCUT2D eigenvalue weighted by Crippen LogP contribution is 2.25. The van der Waals surface area contributed by atoms with Gasteiger partial charge in [-0.2, -0.15) is 0 Å². The number of ether oxygens (including phenoxy) is 2. The maximum absolute atomic E-state index is 13.7. The molecule has 0 heterocycles. The molecule has 0 atom stereocenters. The SMILES string of the molecule is COC(=O)c1cc(NC(=O)NC(=O)c2c(F)cccc2F)ccc1OCS(=O)(=O)c1ccc(Cl)cc1. The fourth-order valence-corrected chi connectivity index (χ4v) is 3.99. The molecule has 0 aliphatic rings. The number of benzene rings is 3. The summed E-state index contributed by atoms with van der Waals surface area (Å²) in [6.45, 7) is 0. The Balaban J connectivity index is 1.75. The number of nitrogens with one attached hydrogen (secondary N) is 2. The highest BCUT2D eigenvalue weighted by Gasteiger charge is 2.22. The van der Waals surface area contributed by atoms with Gasteiger partial charge in [0.15, 0.2) is 5.94 Å². The van der Waals surface area contributed by atoms with Crippen molar-refractivity contribution in [3.63, 3.8) is 0 Å². The zero-order chi connectivity index (χ0) is 26.5. The van der Waals surface area contributed by atoms with Crippen LogP contribution in [0.25, 0.3) is 0 Å². The summed E-state index contributed by atoms with van der Waals surface area (Å²) in [6.07, 6.45) is 0. The molecule has 0 radical (unpaired) electrons. The molecule has 9 nitrogen and oxygen atoms in total. The first-order valence-electron chi connectivity index (χ1n) is 9.91. The lowest BCUT2D eigenvalue weighted by molar-refractivity contribution is 0.0596. The van der Waals surface area contributed by atoms with Crippen LogP contribution in [-0.2, 0) is 14.6 Å². The topological polar surface area (TPSA) is 128 Å². The molecule has 0 aliphatic carbocycles. The number of amides is 3. The molecule has 36 heavy (non-hydrogen) atoms. The molecule has 0 saturated heterocycles. The van der Waals surface area contributed by atoms with Crippen molar-refractivity contribution in [3.8, 4) is 5.75 Å². The van der Waals surface area contributed by atoms with Crippen molar-refractivity contribution in [2.45, 2.75) is 4.90 Å². The van der Waals surface area contributed by atoms with Crippen LogP contribution in [0.5, 0.6) is 5.75 Å². The summed E-state index contributed by atoms with van der Waals surface area (Å²) in [6, 6.07) is 10.5. The second kappa shape index (κ2) is 11.1. The van der Waals surface area contributed by atoms with Crippen LogP contribution in [0.4, 0.5) is 19.3 Å². The molecule has 3 aromatic carbocycles. The van der Waals surface area contributed by atoms with Gasteiger partial charge in [0.1, 0.15) is 28.5 Å². The number of urea groups is 1. The number of imide groups is 1. The van der Waals surface area contributed by atoms with Crippen LogP contribution in [0.1, 0.15) is 20.7 Å². The minimum atomic E-state index is -3.91. The largest absolute Gasteiger partial charge is 0.476 e.